The summed E-state index contributed by atoms with van der Waals surface area (Å²) in [6, 6.07) is 3.94. The second-order valence-corrected chi connectivity index (χ2v) is 3.68. The van der Waals surface area contributed by atoms with E-state index in [4.69, 9.17) is 0 Å². The van der Waals surface area contributed by atoms with E-state index in [-0.39, 0.29) is 5.75 Å². The quantitative estimate of drug-likeness (QED) is 0.796. The van der Waals surface area contributed by atoms with Crippen molar-refractivity contribution in [2.75, 3.05) is 0 Å². The molecule has 0 spiro atoms. The van der Waals surface area contributed by atoms with E-state index < -0.39 is 6.36 Å². The molecule has 0 aliphatic heterocycles. The zero-order valence-electron chi connectivity index (χ0n) is 7.17. The number of imidazole rings is 1. The number of fused-ring (bicyclic) bond motifs is 1. The van der Waals surface area contributed by atoms with E-state index in [0.29, 0.717) is 15.6 Å². The van der Waals surface area contributed by atoms with Crippen LogP contribution in [0.15, 0.2) is 18.2 Å². The number of hydrogen-bond acceptors (Lipinski definition) is 2. The van der Waals surface area contributed by atoms with Crippen molar-refractivity contribution >= 4 is 32.5 Å². The molecule has 0 bridgehead atoms. The number of aromatic nitrogens is 2. The third kappa shape index (κ3) is 2.44. The second kappa shape index (κ2) is 3.45. The summed E-state index contributed by atoms with van der Waals surface area (Å²) in [5.41, 5.74) is 1.10. The summed E-state index contributed by atoms with van der Waals surface area (Å²) in [5, 5.41) is 0. The third-order valence-electron chi connectivity index (χ3n) is 1.67. The predicted octanol–water partition coefficient (Wildman–Crippen LogP) is 1.26. The van der Waals surface area contributed by atoms with Crippen LogP contribution in [0.3, 0.4) is 0 Å². The Bertz CT molecular complexity index is 494. The molecule has 0 amide bonds. The Balaban J connectivity index is 2.38. The van der Waals surface area contributed by atoms with E-state index in [1.54, 1.807) is 0 Å². The maximum absolute atomic E-state index is 11.9. The van der Waals surface area contributed by atoms with Crippen molar-refractivity contribution in [2.24, 2.45) is 0 Å². The molecule has 0 fully saturated rings. The molecule has 1 aromatic heterocycles. The van der Waals surface area contributed by atoms with Gasteiger partial charge in [0.05, 0.1) is 0 Å². The topological polar surface area (TPSA) is 37.9 Å². The van der Waals surface area contributed by atoms with E-state index in [9.17, 15) is 13.2 Å². The van der Waals surface area contributed by atoms with E-state index >= 15 is 0 Å². The number of benzene rings is 1. The van der Waals surface area contributed by atoms with Crippen LogP contribution in [0, 0.1) is 0 Å². The molecule has 0 atom stereocenters. The fourth-order valence-corrected chi connectivity index (χ4v) is 1.65. The molecule has 2 rings (SSSR count). The molecule has 0 aliphatic carbocycles. The molecule has 1 N–H and O–H groups in total. The molecule has 15 heavy (non-hydrogen) atoms. The normalized spacial score (nSPS) is 12.0. The van der Waals surface area contributed by atoms with Crippen LogP contribution >= 0.6 is 0 Å². The van der Waals surface area contributed by atoms with Crippen molar-refractivity contribution in [1.82, 2.24) is 9.97 Å². The fourth-order valence-electron chi connectivity index (χ4n) is 1.17. The summed E-state index contributed by atoms with van der Waals surface area (Å²) in [7, 11) is 0. The van der Waals surface area contributed by atoms with Crippen LogP contribution in [0.25, 0.3) is 11.0 Å². The van der Waals surface area contributed by atoms with Crippen LogP contribution in [0.5, 0.6) is 5.75 Å². The van der Waals surface area contributed by atoms with Gasteiger partial charge in [-0.1, -0.05) is 0 Å². The van der Waals surface area contributed by atoms with Crippen molar-refractivity contribution in [1.29, 1.82) is 0 Å². The van der Waals surface area contributed by atoms with Gasteiger partial charge in [-0.2, -0.15) is 0 Å². The first-order valence-corrected chi connectivity index (χ1v) is 4.82. The van der Waals surface area contributed by atoms with E-state index in [1.165, 1.54) is 18.2 Å². The van der Waals surface area contributed by atoms with Crippen molar-refractivity contribution in [3.05, 3.63) is 18.2 Å². The number of halogens is 3. The molecule has 1 aromatic carbocycles. The fraction of sp³-hybridized carbons (Fsp3) is 0.125. The summed E-state index contributed by atoms with van der Waals surface area (Å²) >= 11 is 2.18. The molecule has 1 heterocycles. The van der Waals surface area contributed by atoms with Crippen LogP contribution < -0.4 is 9.35 Å². The SMILES string of the molecule is FC(F)(F)Oc1ccc2nc([As])[nH]c2c1. The van der Waals surface area contributed by atoms with Gasteiger partial charge in [0.1, 0.15) is 0 Å². The number of hydrogen-bond donors (Lipinski definition) is 1. The van der Waals surface area contributed by atoms with Gasteiger partial charge in [-0.25, -0.2) is 0 Å². The minimum absolute atomic E-state index is 0.258. The number of ether oxygens (including phenoxy) is 1. The van der Waals surface area contributed by atoms with Crippen molar-refractivity contribution in [2.45, 2.75) is 6.36 Å². The molecular weight excluding hydrogens is 272 g/mol. The number of nitrogens with one attached hydrogen (secondary N) is 1. The van der Waals surface area contributed by atoms with Crippen LogP contribution in [-0.2, 0) is 0 Å². The first-order valence-electron chi connectivity index (χ1n) is 3.88. The van der Waals surface area contributed by atoms with Gasteiger partial charge >= 0.3 is 90.7 Å². The Morgan fingerprint density at radius 3 is 2.73 bits per heavy atom. The van der Waals surface area contributed by atoms with Crippen molar-refractivity contribution in [3.63, 3.8) is 0 Å². The van der Waals surface area contributed by atoms with E-state index in [1.807, 2.05) is 0 Å². The van der Waals surface area contributed by atoms with Crippen molar-refractivity contribution < 1.29 is 17.9 Å². The third-order valence-corrected chi connectivity index (χ3v) is 2.12. The van der Waals surface area contributed by atoms with E-state index in [2.05, 4.69) is 31.6 Å². The Labute approximate surface area is 91.1 Å². The number of nitrogens with zero attached hydrogens (tertiary/aromatic N) is 1. The second-order valence-electron chi connectivity index (χ2n) is 2.79. The summed E-state index contributed by atoms with van der Waals surface area (Å²) in [6.45, 7) is 0. The average molecular weight is 276 g/mol. The number of alkyl halides is 3. The molecular formula is C8H4AsF3N2O. The zero-order chi connectivity index (χ0) is 11.1. The molecule has 0 aliphatic rings. The Morgan fingerprint density at radius 2 is 2.07 bits per heavy atom. The first-order chi connectivity index (χ1) is 6.94. The van der Waals surface area contributed by atoms with Gasteiger partial charge in [0.2, 0.25) is 0 Å². The summed E-state index contributed by atoms with van der Waals surface area (Å²) < 4.78 is 40.0. The maximum atomic E-state index is 11.9. The molecule has 2 radical (unpaired) electrons. The summed E-state index contributed by atoms with van der Waals surface area (Å²) in [4.78, 5) is 6.83. The average Bonchev–Trinajstić information content (AvgIpc) is 2.40. The standard InChI is InChI=1S/C8H4AsF3N2O/c9-7-13-5-2-1-4(3-6(5)14-7)15-8(10,11)12/h1-3H,(H,13,14). The number of aromatic amines is 1. The van der Waals surface area contributed by atoms with Gasteiger partial charge in [-0.15, -0.1) is 0 Å². The van der Waals surface area contributed by atoms with Gasteiger partial charge in [0.15, 0.2) is 0 Å². The summed E-state index contributed by atoms with van der Waals surface area (Å²) in [6.07, 6.45) is -4.67. The molecule has 78 valence electrons. The van der Waals surface area contributed by atoms with Gasteiger partial charge in [-0.3, -0.25) is 0 Å². The molecule has 3 nitrogen and oxygen atoms in total. The van der Waals surface area contributed by atoms with Crippen LogP contribution in [0.1, 0.15) is 0 Å². The molecule has 7 heteroatoms. The number of H-pyrrole nitrogens is 1. The van der Waals surface area contributed by atoms with Gasteiger partial charge in [0, 0.05) is 0 Å². The van der Waals surface area contributed by atoms with Crippen LogP contribution in [0.4, 0.5) is 13.2 Å². The monoisotopic (exact) mass is 276 g/mol. The summed E-state index contributed by atoms with van der Waals surface area (Å²) in [5.74, 6) is -0.258. The Hall–Kier alpha value is -1.16. The molecule has 0 unspecified atom stereocenters. The van der Waals surface area contributed by atoms with E-state index in [0.717, 1.165) is 0 Å². The van der Waals surface area contributed by atoms with Crippen LogP contribution in [-0.4, -0.2) is 33.2 Å². The molecule has 0 saturated carbocycles. The minimum atomic E-state index is -4.67. The Kier molecular flexibility index (Phi) is 2.38. The predicted molar refractivity (Wildman–Crippen MR) is 48.2 cm³/mol. The molecule has 0 saturated heterocycles. The van der Waals surface area contributed by atoms with Crippen molar-refractivity contribution in [3.8, 4) is 5.75 Å². The zero-order valence-corrected chi connectivity index (χ0v) is 9.05. The van der Waals surface area contributed by atoms with Gasteiger partial charge in [0.25, 0.3) is 0 Å². The molecule has 2 aromatic rings. The Morgan fingerprint density at radius 1 is 1.33 bits per heavy atom. The van der Waals surface area contributed by atoms with Crippen LogP contribution in [0.2, 0.25) is 0 Å². The number of rotatable bonds is 1. The van der Waals surface area contributed by atoms with Gasteiger partial charge < -0.3 is 0 Å². The van der Waals surface area contributed by atoms with Gasteiger partial charge in [-0.05, 0) is 0 Å². The first kappa shape index (κ1) is 10.4.